The Hall–Kier alpha value is -2.65. The third kappa shape index (κ3) is 3.42. The molecular weight excluding hydrogens is 343 g/mol. The second-order valence-corrected chi connectivity index (χ2v) is 5.63. The van der Waals surface area contributed by atoms with Gasteiger partial charge in [0.1, 0.15) is 6.54 Å². The molecule has 1 fully saturated rings. The number of aryl methyl sites for hydroxylation is 1. The lowest BCUT2D eigenvalue weighted by Gasteiger charge is -2.14. The Morgan fingerprint density at radius 1 is 1.08 bits per heavy atom. The monoisotopic (exact) mass is 359 g/mol. The fourth-order valence-corrected chi connectivity index (χ4v) is 2.70. The van der Waals surface area contributed by atoms with Crippen molar-refractivity contribution in [2.24, 2.45) is 0 Å². The van der Waals surface area contributed by atoms with E-state index in [1.807, 2.05) is 0 Å². The van der Waals surface area contributed by atoms with Gasteiger partial charge in [0, 0.05) is 23.5 Å². The lowest BCUT2D eigenvalue weighted by Crippen LogP contribution is -2.37. The van der Waals surface area contributed by atoms with Gasteiger partial charge < -0.3 is 4.57 Å². The number of Topliss-reactive ketones (excluding diaryl/α,β-unsaturated/α-hetero) is 1. The maximum atomic E-state index is 12.6. The molecule has 2 rings (SSSR count). The highest BCUT2D eigenvalue weighted by molar-refractivity contribution is 6.45. The van der Waals surface area contributed by atoms with Crippen molar-refractivity contribution in [1.82, 2.24) is 14.4 Å². The van der Waals surface area contributed by atoms with Crippen molar-refractivity contribution >= 4 is 23.6 Å². The second-order valence-electron chi connectivity index (χ2n) is 5.63. The van der Waals surface area contributed by atoms with Crippen LogP contribution in [0, 0.1) is 13.8 Å². The molecule has 0 bridgehead atoms. The number of halogens is 3. The molecule has 1 aliphatic heterocycles. The van der Waals surface area contributed by atoms with E-state index >= 15 is 0 Å². The molecule has 0 spiro atoms. The Morgan fingerprint density at radius 3 is 2.12 bits per heavy atom. The van der Waals surface area contributed by atoms with Crippen LogP contribution in [0.25, 0.3) is 0 Å². The van der Waals surface area contributed by atoms with Gasteiger partial charge in [0.05, 0.1) is 6.54 Å². The third-order valence-electron chi connectivity index (χ3n) is 3.96. The number of hydrogen-bond donors (Lipinski definition) is 0. The van der Waals surface area contributed by atoms with Crippen LogP contribution in [0.15, 0.2) is 6.07 Å². The van der Waals surface area contributed by atoms with E-state index in [9.17, 15) is 32.3 Å². The van der Waals surface area contributed by atoms with Gasteiger partial charge in [0.15, 0.2) is 5.78 Å². The van der Waals surface area contributed by atoms with E-state index in [0.717, 1.165) is 4.57 Å². The van der Waals surface area contributed by atoms with Gasteiger partial charge in [-0.3, -0.25) is 19.3 Å². The van der Waals surface area contributed by atoms with Crippen LogP contribution in [0.2, 0.25) is 0 Å². The number of ketones is 1. The Morgan fingerprint density at radius 2 is 1.64 bits per heavy atom. The van der Waals surface area contributed by atoms with Crippen LogP contribution < -0.4 is 0 Å². The van der Waals surface area contributed by atoms with Crippen LogP contribution in [0.4, 0.5) is 18.0 Å². The summed E-state index contributed by atoms with van der Waals surface area (Å²) in [4.78, 5) is 49.0. The summed E-state index contributed by atoms with van der Waals surface area (Å²) < 4.78 is 38.8. The number of hydrogen-bond acceptors (Lipinski definition) is 4. The summed E-state index contributed by atoms with van der Waals surface area (Å²) in [7, 11) is 0. The zero-order valence-electron chi connectivity index (χ0n) is 13.8. The fraction of sp³-hybridized carbons (Fsp3) is 0.467. The Bertz CT molecular complexity index is 767. The SMILES string of the molecule is CCN1C(=O)C(=O)N(CC(=O)c2cc(C)n(CC(F)(F)F)c2C)C1=O. The highest BCUT2D eigenvalue weighted by atomic mass is 19.4. The highest BCUT2D eigenvalue weighted by Crippen LogP contribution is 2.24. The smallest absolute Gasteiger partial charge is 0.339 e. The molecule has 10 heteroatoms. The first-order valence-corrected chi connectivity index (χ1v) is 7.42. The number of carbonyl (C=O) groups is 4. The van der Waals surface area contributed by atoms with Crippen molar-refractivity contribution in [1.29, 1.82) is 0 Å². The van der Waals surface area contributed by atoms with Crippen LogP contribution in [0.3, 0.4) is 0 Å². The Labute approximate surface area is 141 Å². The molecule has 1 aromatic rings. The fourth-order valence-electron chi connectivity index (χ4n) is 2.70. The van der Waals surface area contributed by atoms with Crippen LogP contribution in [-0.2, 0) is 16.1 Å². The standard InChI is InChI=1S/C15H16F3N3O4/c1-4-19-12(23)13(24)20(14(19)25)6-11(22)10-5-8(2)21(9(10)3)7-15(16,17)18/h5H,4,6-7H2,1-3H3. The van der Waals surface area contributed by atoms with Crippen LogP contribution in [0.1, 0.15) is 28.7 Å². The minimum Gasteiger partial charge on any atom is -0.339 e. The molecule has 7 nitrogen and oxygen atoms in total. The summed E-state index contributed by atoms with van der Waals surface area (Å²) in [5, 5.41) is 0. The van der Waals surface area contributed by atoms with Crippen molar-refractivity contribution in [2.45, 2.75) is 33.5 Å². The number of alkyl halides is 3. The number of imide groups is 2. The zero-order valence-corrected chi connectivity index (χ0v) is 13.8. The lowest BCUT2D eigenvalue weighted by molar-refractivity contribution is -0.143. The summed E-state index contributed by atoms with van der Waals surface area (Å²) in [6.07, 6.45) is -4.45. The molecule has 1 aliphatic rings. The molecule has 0 aliphatic carbocycles. The zero-order chi connectivity index (χ0) is 19.1. The van der Waals surface area contributed by atoms with Gasteiger partial charge in [-0.25, -0.2) is 9.69 Å². The molecule has 0 N–H and O–H groups in total. The number of aromatic nitrogens is 1. The molecular formula is C15H16F3N3O4. The van der Waals surface area contributed by atoms with Crippen molar-refractivity contribution in [3.05, 3.63) is 23.0 Å². The Kier molecular flexibility index (Phi) is 4.74. The summed E-state index contributed by atoms with van der Waals surface area (Å²) in [6, 6.07) is 0.364. The molecule has 2 heterocycles. The van der Waals surface area contributed by atoms with E-state index in [0.29, 0.717) is 9.80 Å². The van der Waals surface area contributed by atoms with Crippen LogP contribution in [-0.4, -0.2) is 57.3 Å². The van der Waals surface area contributed by atoms with Gasteiger partial charge in [-0.05, 0) is 26.8 Å². The number of nitrogens with zero attached hydrogens (tertiary/aromatic N) is 3. The summed E-state index contributed by atoms with van der Waals surface area (Å²) >= 11 is 0. The lowest BCUT2D eigenvalue weighted by atomic mass is 10.1. The number of carbonyl (C=O) groups excluding carboxylic acids is 4. The number of amides is 4. The van der Waals surface area contributed by atoms with Crippen molar-refractivity contribution in [3.8, 4) is 0 Å². The van der Waals surface area contributed by atoms with Crippen molar-refractivity contribution < 1.29 is 32.3 Å². The van der Waals surface area contributed by atoms with Crippen LogP contribution >= 0.6 is 0 Å². The predicted octanol–water partition coefficient (Wildman–Crippen LogP) is 1.66. The van der Waals surface area contributed by atoms with Gasteiger partial charge in [-0.1, -0.05) is 0 Å². The van der Waals surface area contributed by atoms with E-state index in [-0.39, 0.29) is 23.5 Å². The van der Waals surface area contributed by atoms with E-state index in [1.165, 1.54) is 26.8 Å². The van der Waals surface area contributed by atoms with E-state index < -0.39 is 42.9 Å². The normalized spacial score (nSPS) is 15.5. The maximum Gasteiger partial charge on any atom is 0.406 e. The molecule has 0 saturated carbocycles. The molecule has 1 saturated heterocycles. The Balaban J connectivity index is 2.25. The second kappa shape index (κ2) is 6.34. The topological polar surface area (TPSA) is 79.7 Å². The average molecular weight is 359 g/mol. The summed E-state index contributed by atoms with van der Waals surface area (Å²) in [5.74, 6) is -2.86. The van der Waals surface area contributed by atoms with Crippen molar-refractivity contribution in [3.63, 3.8) is 0 Å². The average Bonchev–Trinajstić information content (AvgIpc) is 2.88. The quantitative estimate of drug-likeness (QED) is 0.455. The molecule has 0 atom stereocenters. The van der Waals surface area contributed by atoms with Gasteiger partial charge in [0.2, 0.25) is 0 Å². The third-order valence-corrected chi connectivity index (χ3v) is 3.96. The molecule has 4 amide bonds. The minimum atomic E-state index is -4.45. The number of rotatable bonds is 5. The molecule has 25 heavy (non-hydrogen) atoms. The van der Waals surface area contributed by atoms with Gasteiger partial charge in [-0.2, -0.15) is 13.2 Å². The summed E-state index contributed by atoms with van der Waals surface area (Å²) in [5.41, 5.74) is 0.283. The van der Waals surface area contributed by atoms with Crippen LogP contribution in [0.5, 0.6) is 0 Å². The van der Waals surface area contributed by atoms with E-state index in [2.05, 4.69) is 0 Å². The first-order chi connectivity index (χ1) is 11.5. The molecule has 0 unspecified atom stereocenters. The largest absolute Gasteiger partial charge is 0.406 e. The minimum absolute atomic E-state index is 0.0197. The van der Waals surface area contributed by atoms with E-state index in [4.69, 9.17) is 0 Å². The van der Waals surface area contributed by atoms with E-state index in [1.54, 1.807) is 0 Å². The van der Waals surface area contributed by atoms with Crippen molar-refractivity contribution in [2.75, 3.05) is 13.1 Å². The van der Waals surface area contributed by atoms with Gasteiger partial charge >= 0.3 is 24.0 Å². The molecule has 136 valence electrons. The first kappa shape index (κ1) is 18.7. The van der Waals surface area contributed by atoms with Gasteiger partial charge in [-0.15, -0.1) is 0 Å². The number of likely N-dealkylation sites (N-methyl/N-ethyl adjacent to an activating group) is 1. The highest BCUT2D eigenvalue weighted by Gasteiger charge is 2.44. The number of urea groups is 1. The molecule has 1 aromatic heterocycles. The molecule has 0 radical (unpaired) electrons. The predicted molar refractivity (Wildman–Crippen MR) is 78.8 cm³/mol. The first-order valence-electron chi connectivity index (χ1n) is 7.42. The summed E-state index contributed by atoms with van der Waals surface area (Å²) in [6.45, 7) is 2.30. The van der Waals surface area contributed by atoms with Gasteiger partial charge in [0.25, 0.3) is 0 Å². The molecule has 0 aromatic carbocycles. The maximum absolute atomic E-state index is 12.6.